The zero-order chi connectivity index (χ0) is 9.68. The SMILES string of the molecule is COC(=O)C(C)SC1CCOCC1. The Hall–Kier alpha value is -0.220. The summed E-state index contributed by atoms with van der Waals surface area (Å²) in [6.45, 7) is 3.54. The number of carbonyl (C=O) groups excluding carboxylic acids is 1. The average molecular weight is 204 g/mol. The zero-order valence-electron chi connectivity index (χ0n) is 8.12. The molecule has 13 heavy (non-hydrogen) atoms. The lowest BCUT2D eigenvalue weighted by Gasteiger charge is -2.23. The molecule has 0 amide bonds. The van der Waals surface area contributed by atoms with Crippen molar-refractivity contribution in [2.45, 2.75) is 30.3 Å². The number of methoxy groups -OCH3 is 1. The minimum absolute atomic E-state index is 0.0481. The highest BCUT2D eigenvalue weighted by Crippen LogP contribution is 2.26. The number of hydrogen-bond donors (Lipinski definition) is 0. The van der Waals surface area contributed by atoms with Crippen molar-refractivity contribution in [1.82, 2.24) is 0 Å². The first-order valence-corrected chi connectivity index (χ1v) is 5.49. The lowest BCUT2D eigenvalue weighted by Crippen LogP contribution is -2.23. The van der Waals surface area contributed by atoms with Gasteiger partial charge >= 0.3 is 5.97 Å². The molecule has 0 aromatic rings. The second kappa shape index (κ2) is 5.50. The molecule has 0 aliphatic carbocycles. The monoisotopic (exact) mass is 204 g/mol. The summed E-state index contributed by atoms with van der Waals surface area (Å²) in [7, 11) is 1.43. The quantitative estimate of drug-likeness (QED) is 0.652. The third kappa shape index (κ3) is 3.56. The van der Waals surface area contributed by atoms with Crippen molar-refractivity contribution < 1.29 is 14.3 Å². The minimum atomic E-state index is -0.128. The van der Waals surface area contributed by atoms with E-state index >= 15 is 0 Å². The smallest absolute Gasteiger partial charge is 0.318 e. The van der Waals surface area contributed by atoms with Gasteiger partial charge in [-0.1, -0.05) is 0 Å². The Kier molecular flexibility index (Phi) is 4.59. The van der Waals surface area contributed by atoms with Crippen LogP contribution in [0.15, 0.2) is 0 Å². The lowest BCUT2D eigenvalue weighted by molar-refractivity contribution is -0.139. The summed E-state index contributed by atoms with van der Waals surface area (Å²) in [6.07, 6.45) is 2.10. The van der Waals surface area contributed by atoms with Crippen LogP contribution >= 0.6 is 11.8 Å². The Bertz CT molecular complexity index is 166. The molecule has 3 nitrogen and oxygen atoms in total. The molecule has 0 radical (unpaired) electrons. The van der Waals surface area contributed by atoms with Gasteiger partial charge in [0.15, 0.2) is 0 Å². The number of ether oxygens (including phenoxy) is 2. The van der Waals surface area contributed by atoms with Gasteiger partial charge in [-0.15, -0.1) is 11.8 Å². The molecule has 1 atom stereocenters. The van der Waals surface area contributed by atoms with Crippen LogP contribution in [0.2, 0.25) is 0 Å². The van der Waals surface area contributed by atoms with Crippen LogP contribution in [0.4, 0.5) is 0 Å². The predicted octanol–water partition coefficient (Wildman–Crippen LogP) is 1.46. The second-order valence-electron chi connectivity index (χ2n) is 3.11. The van der Waals surface area contributed by atoms with Gasteiger partial charge in [0.05, 0.1) is 12.4 Å². The predicted molar refractivity (Wildman–Crippen MR) is 52.9 cm³/mol. The van der Waals surface area contributed by atoms with Crippen LogP contribution in [0, 0.1) is 0 Å². The van der Waals surface area contributed by atoms with Gasteiger partial charge in [-0.3, -0.25) is 4.79 Å². The molecule has 1 saturated heterocycles. The van der Waals surface area contributed by atoms with Crippen LogP contribution in [0.1, 0.15) is 19.8 Å². The molecule has 1 aliphatic rings. The van der Waals surface area contributed by atoms with Gasteiger partial charge in [0.25, 0.3) is 0 Å². The summed E-state index contributed by atoms with van der Waals surface area (Å²) in [5, 5.41) is 0.510. The number of carbonyl (C=O) groups is 1. The van der Waals surface area contributed by atoms with E-state index < -0.39 is 0 Å². The Balaban J connectivity index is 2.25. The van der Waals surface area contributed by atoms with Crippen molar-refractivity contribution in [1.29, 1.82) is 0 Å². The average Bonchev–Trinajstić information content (AvgIpc) is 2.18. The highest BCUT2D eigenvalue weighted by Gasteiger charge is 2.21. The van der Waals surface area contributed by atoms with Crippen molar-refractivity contribution in [2.75, 3.05) is 20.3 Å². The maximum Gasteiger partial charge on any atom is 0.318 e. The van der Waals surface area contributed by atoms with E-state index in [2.05, 4.69) is 4.74 Å². The van der Waals surface area contributed by atoms with Gasteiger partial charge in [0, 0.05) is 18.5 Å². The van der Waals surface area contributed by atoms with Gasteiger partial charge in [-0.05, 0) is 19.8 Å². The number of rotatable bonds is 3. The highest BCUT2D eigenvalue weighted by molar-refractivity contribution is 8.01. The fourth-order valence-corrected chi connectivity index (χ4v) is 2.57. The van der Waals surface area contributed by atoms with Crippen LogP contribution in [0.5, 0.6) is 0 Å². The molecule has 0 spiro atoms. The number of thioether (sulfide) groups is 1. The molecular formula is C9H16O3S. The third-order valence-electron chi connectivity index (χ3n) is 2.10. The van der Waals surface area contributed by atoms with E-state index in [1.807, 2.05) is 6.92 Å². The van der Waals surface area contributed by atoms with Crippen LogP contribution in [0.25, 0.3) is 0 Å². The largest absolute Gasteiger partial charge is 0.468 e. The molecule has 0 N–H and O–H groups in total. The number of esters is 1. The van der Waals surface area contributed by atoms with Gasteiger partial charge in [0.2, 0.25) is 0 Å². The molecule has 1 fully saturated rings. The van der Waals surface area contributed by atoms with Crippen LogP contribution in [0.3, 0.4) is 0 Å². The molecule has 1 aliphatic heterocycles. The molecule has 1 heterocycles. The first kappa shape index (κ1) is 10.9. The van der Waals surface area contributed by atoms with E-state index in [1.54, 1.807) is 11.8 Å². The Morgan fingerprint density at radius 1 is 1.54 bits per heavy atom. The third-order valence-corrected chi connectivity index (χ3v) is 3.56. The van der Waals surface area contributed by atoms with Gasteiger partial charge in [-0.25, -0.2) is 0 Å². The summed E-state index contributed by atoms with van der Waals surface area (Å²) in [5.41, 5.74) is 0. The zero-order valence-corrected chi connectivity index (χ0v) is 8.93. The molecule has 0 bridgehead atoms. The summed E-state index contributed by atoms with van der Waals surface area (Å²) in [5.74, 6) is -0.128. The Morgan fingerprint density at radius 2 is 2.15 bits per heavy atom. The highest BCUT2D eigenvalue weighted by atomic mass is 32.2. The van der Waals surface area contributed by atoms with Crippen molar-refractivity contribution in [3.05, 3.63) is 0 Å². The van der Waals surface area contributed by atoms with Crippen molar-refractivity contribution in [3.63, 3.8) is 0 Å². The van der Waals surface area contributed by atoms with Gasteiger partial charge < -0.3 is 9.47 Å². The van der Waals surface area contributed by atoms with E-state index in [4.69, 9.17) is 4.74 Å². The summed E-state index contributed by atoms with van der Waals surface area (Å²) < 4.78 is 9.90. The Morgan fingerprint density at radius 3 is 2.69 bits per heavy atom. The maximum absolute atomic E-state index is 11.1. The van der Waals surface area contributed by atoms with Crippen LogP contribution < -0.4 is 0 Å². The van der Waals surface area contributed by atoms with Gasteiger partial charge in [-0.2, -0.15) is 0 Å². The normalized spacial score (nSPS) is 21.1. The van der Waals surface area contributed by atoms with E-state index in [0.29, 0.717) is 5.25 Å². The molecule has 0 saturated carbocycles. The first-order valence-electron chi connectivity index (χ1n) is 4.55. The first-order chi connectivity index (χ1) is 6.24. The molecule has 0 aromatic heterocycles. The molecule has 4 heteroatoms. The van der Waals surface area contributed by atoms with E-state index in [-0.39, 0.29) is 11.2 Å². The molecule has 1 unspecified atom stereocenters. The standard InChI is InChI=1S/C9H16O3S/c1-7(9(10)11-2)13-8-3-5-12-6-4-8/h7-8H,3-6H2,1-2H3. The fraction of sp³-hybridized carbons (Fsp3) is 0.889. The van der Waals surface area contributed by atoms with Crippen molar-refractivity contribution in [3.8, 4) is 0 Å². The molecule has 0 aromatic carbocycles. The topological polar surface area (TPSA) is 35.5 Å². The molecule has 1 rings (SSSR count). The summed E-state index contributed by atoms with van der Waals surface area (Å²) in [4.78, 5) is 11.1. The van der Waals surface area contributed by atoms with E-state index in [0.717, 1.165) is 26.1 Å². The maximum atomic E-state index is 11.1. The number of hydrogen-bond acceptors (Lipinski definition) is 4. The fourth-order valence-electron chi connectivity index (χ4n) is 1.32. The second-order valence-corrected chi connectivity index (χ2v) is 4.76. The van der Waals surface area contributed by atoms with Crippen molar-refractivity contribution in [2.24, 2.45) is 0 Å². The van der Waals surface area contributed by atoms with Gasteiger partial charge in [0.1, 0.15) is 0 Å². The van der Waals surface area contributed by atoms with E-state index in [1.165, 1.54) is 7.11 Å². The summed E-state index contributed by atoms with van der Waals surface area (Å²) >= 11 is 1.70. The van der Waals surface area contributed by atoms with Crippen LogP contribution in [-0.2, 0) is 14.3 Å². The molecular weight excluding hydrogens is 188 g/mol. The van der Waals surface area contributed by atoms with Crippen LogP contribution in [-0.4, -0.2) is 36.8 Å². The van der Waals surface area contributed by atoms with E-state index in [9.17, 15) is 4.79 Å². The summed E-state index contributed by atoms with van der Waals surface area (Å²) in [6, 6.07) is 0. The molecule has 76 valence electrons. The van der Waals surface area contributed by atoms with Crippen molar-refractivity contribution >= 4 is 17.7 Å². The minimum Gasteiger partial charge on any atom is -0.468 e. The lowest BCUT2D eigenvalue weighted by atomic mass is 10.2. The Labute approximate surface area is 83.2 Å².